The standard InChI is InChI=1S/C12H22N2O/c1-4-8-14(5-2)10-12-7-6-11(15-12)9-13-3/h6-7,13H,4-5,8-10H2,1-3H3. The number of hydrogen-bond donors (Lipinski definition) is 1. The molecule has 0 spiro atoms. The fourth-order valence-corrected chi connectivity index (χ4v) is 1.66. The molecule has 0 aliphatic heterocycles. The van der Waals surface area contributed by atoms with Gasteiger partial charge < -0.3 is 9.73 Å². The molecule has 0 aliphatic rings. The molecule has 1 aromatic rings. The van der Waals surface area contributed by atoms with Crippen LogP contribution in [0.2, 0.25) is 0 Å². The van der Waals surface area contributed by atoms with Gasteiger partial charge in [-0.05, 0) is 38.7 Å². The summed E-state index contributed by atoms with van der Waals surface area (Å²) in [6.45, 7) is 8.34. The van der Waals surface area contributed by atoms with E-state index in [2.05, 4.69) is 30.1 Å². The fourth-order valence-electron chi connectivity index (χ4n) is 1.66. The van der Waals surface area contributed by atoms with E-state index in [4.69, 9.17) is 4.42 Å². The minimum absolute atomic E-state index is 0.805. The Hall–Kier alpha value is -0.800. The zero-order valence-corrected chi connectivity index (χ0v) is 10.0. The van der Waals surface area contributed by atoms with Gasteiger partial charge in [-0.15, -0.1) is 0 Å². The Kier molecular flexibility index (Phi) is 5.43. The summed E-state index contributed by atoms with van der Waals surface area (Å²) >= 11 is 0. The van der Waals surface area contributed by atoms with Crippen molar-refractivity contribution in [2.45, 2.75) is 33.4 Å². The van der Waals surface area contributed by atoms with Crippen molar-refractivity contribution in [2.75, 3.05) is 20.1 Å². The molecule has 0 aromatic carbocycles. The summed E-state index contributed by atoms with van der Waals surface area (Å²) in [5.41, 5.74) is 0. The third-order valence-electron chi connectivity index (χ3n) is 2.43. The highest BCUT2D eigenvalue weighted by Crippen LogP contribution is 2.10. The summed E-state index contributed by atoms with van der Waals surface area (Å²) < 4.78 is 5.70. The average Bonchev–Trinajstić information content (AvgIpc) is 2.66. The summed E-state index contributed by atoms with van der Waals surface area (Å²) in [6.07, 6.45) is 1.19. The molecule has 0 amide bonds. The smallest absolute Gasteiger partial charge is 0.118 e. The maximum atomic E-state index is 5.70. The van der Waals surface area contributed by atoms with Crippen LogP contribution >= 0.6 is 0 Å². The van der Waals surface area contributed by atoms with Crippen molar-refractivity contribution in [3.8, 4) is 0 Å². The Morgan fingerprint density at radius 2 is 2.00 bits per heavy atom. The molecule has 0 radical (unpaired) electrons. The minimum atomic E-state index is 0.805. The Labute approximate surface area is 92.5 Å². The monoisotopic (exact) mass is 210 g/mol. The van der Waals surface area contributed by atoms with Crippen LogP contribution < -0.4 is 5.32 Å². The van der Waals surface area contributed by atoms with Gasteiger partial charge in [-0.1, -0.05) is 13.8 Å². The maximum absolute atomic E-state index is 5.70. The first-order valence-corrected chi connectivity index (χ1v) is 5.74. The van der Waals surface area contributed by atoms with E-state index in [1.807, 2.05) is 13.1 Å². The first-order chi connectivity index (χ1) is 7.30. The number of nitrogens with one attached hydrogen (secondary N) is 1. The van der Waals surface area contributed by atoms with E-state index in [-0.39, 0.29) is 0 Å². The molecule has 0 atom stereocenters. The molecule has 86 valence electrons. The van der Waals surface area contributed by atoms with Crippen molar-refractivity contribution in [1.82, 2.24) is 10.2 Å². The van der Waals surface area contributed by atoms with Gasteiger partial charge in [0.2, 0.25) is 0 Å². The molecular formula is C12H22N2O. The van der Waals surface area contributed by atoms with E-state index < -0.39 is 0 Å². The number of rotatable bonds is 7. The summed E-state index contributed by atoms with van der Waals surface area (Å²) in [5.74, 6) is 2.08. The zero-order chi connectivity index (χ0) is 11.1. The van der Waals surface area contributed by atoms with E-state index >= 15 is 0 Å². The van der Waals surface area contributed by atoms with Crippen LogP contribution in [0.4, 0.5) is 0 Å². The van der Waals surface area contributed by atoms with Crippen LogP contribution in [0.1, 0.15) is 31.8 Å². The van der Waals surface area contributed by atoms with Gasteiger partial charge in [0.15, 0.2) is 0 Å². The second-order valence-electron chi connectivity index (χ2n) is 3.77. The second kappa shape index (κ2) is 6.64. The van der Waals surface area contributed by atoms with Gasteiger partial charge >= 0.3 is 0 Å². The van der Waals surface area contributed by atoms with Crippen molar-refractivity contribution in [1.29, 1.82) is 0 Å². The van der Waals surface area contributed by atoms with Gasteiger partial charge in [0.25, 0.3) is 0 Å². The van der Waals surface area contributed by atoms with Gasteiger partial charge in [0.05, 0.1) is 13.1 Å². The fraction of sp³-hybridized carbons (Fsp3) is 0.667. The largest absolute Gasteiger partial charge is 0.463 e. The van der Waals surface area contributed by atoms with Gasteiger partial charge in [0, 0.05) is 0 Å². The molecular weight excluding hydrogens is 188 g/mol. The van der Waals surface area contributed by atoms with Crippen LogP contribution in [-0.4, -0.2) is 25.0 Å². The van der Waals surface area contributed by atoms with Gasteiger partial charge in [0.1, 0.15) is 11.5 Å². The SMILES string of the molecule is CCCN(CC)Cc1ccc(CNC)o1. The Morgan fingerprint density at radius 1 is 1.27 bits per heavy atom. The molecule has 0 unspecified atom stereocenters. The normalized spacial score (nSPS) is 11.2. The Bertz CT molecular complexity index is 270. The molecule has 15 heavy (non-hydrogen) atoms. The summed E-state index contributed by atoms with van der Waals surface area (Å²) in [5, 5.41) is 3.08. The van der Waals surface area contributed by atoms with Crippen molar-refractivity contribution in [2.24, 2.45) is 0 Å². The Morgan fingerprint density at radius 3 is 2.60 bits per heavy atom. The highest BCUT2D eigenvalue weighted by Gasteiger charge is 2.06. The van der Waals surface area contributed by atoms with Crippen LogP contribution in [0.3, 0.4) is 0 Å². The van der Waals surface area contributed by atoms with Crippen LogP contribution in [0.15, 0.2) is 16.5 Å². The highest BCUT2D eigenvalue weighted by molar-refractivity contribution is 5.06. The van der Waals surface area contributed by atoms with Gasteiger partial charge in [-0.3, -0.25) is 4.90 Å². The predicted molar refractivity (Wildman–Crippen MR) is 62.7 cm³/mol. The molecule has 0 aliphatic carbocycles. The van der Waals surface area contributed by atoms with E-state index in [1.165, 1.54) is 6.42 Å². The molecule has 0 saturated carbocycles. The van der Waals surface area contributed by atoms with E-state index in [0.29, 0.717) is 0 Å². The van der Waals surface area contributed by atoms with Crippen LogP contribution in [-0.2, 0) is 13.1 Å². The summed E-state index contributed by atoms with van der Waals surface area (Å²) in [6, 6.07) is 4.12. The Balaban J connectivity index is 2.47. The second-order valence-corrected chi connectivity index (χ2v) is 3.77. The molecule has 1 aromatic heterocycles. The van der Waals surface area contributed by atoms with Crippen LogP contribution in [0.25, 0.3) is 0 Å². The summed E-state index contributed by atoms with van der Waals surface area (Å²) in [4.78, 5) is 2.39. The lowest BCUT2D eigenvalue weighted by Gasteiger charge is -2.17. The quantitative estimate of drug-likeness (QED) is 0.748. The number of nitrogens with zero attached hydrogens (tertiary/aromatic N) is 1. The molecule has 0 bridgehead atoms. The molecule has 1 rings (SSSR count). The van der Waals surface area contributed by atoms with Gasteiger partial charge in [-0.2, -0.15) is 0 Å². The lowest BCUT2D eigenvalue weighted by molar-refractivity contribution is 0.253. The lowest BCUT2D eigenvalue weighted by Crippen LogP contribution is -2.23. The van der Waals surface area contributed by atoms with Crippen LogP contribution in [0.5, 0.6) is 0 Å². The average molecular weight is 210 g/mol. The number of hydrogen-bond acceptors (Lipinski definition) is 3. The van der Waals surface area contributed by atoms with E-state index in [0.717, 1.165) is 37.7 Å². The highest BCUT2D eigenvalue weighted by atomic mass is 16.3. The molecule has 0 saturated heterocycles. The lowest BCUT2D eigenvalue weighted by atomic mass is 10.3. The molecule has 1 heterocycles. The zero-order valence-electron chi connectivity index (χ0n) is 10.0. The van der Waals surface area contributed by atoms with Crippen LogP contribution in [0, 0.1) is 0 Å². The van der Waals surface area contributed by atoms with Crippen molar-refractivity contribution < 1.29 is 4.42 Å². The predicted octanol–water partition coefficient (Wildman–Crippen LogP) is 2.23. The molecule has 3 nitrogen and oxygen atoms in total. The topological polar surface area (TPSA) is 28.4 Å². The van der Waals surface area contributed by atoms with Gasteiger partial charge in [-0.25, -0.2) is 0 Å². The van der Waals surface area contributed by atoms with E-state index in [9.17, 15) is 0 Å². The molecule has 3 heteroatoms. The third-order valence-corrected chi connectivity index (χ3v) is 2.43. The molecule has 1 N–H and O–H groups in total. The van der Waals surface area contributed by atoms with Crippen molar-refractivity contribution in [3.05, 3.63) is 23.7 Å². The maximum Gasteiger partial charge on any atom is 0.118 e. The third kappa shape index (κ3) is 4.06. The van der Waals surface area contributed by atoms with E-state index in [1.54, 1.807) is 0 Å². The first-order valence-electron chi connectivity index (χ1n) is 5.74. The molecule has 0 fully saturated rings. The number of furan rings is 1. The van der Waals surface area contributed by atoms with Crippen molar-refractivity contribution in [3.63, 3.8) is 0 Å². The van der Waals surface area contributed by atoms with Crippen molar-refractivity contribution >= 4 is 0 Å². The summed E-state index contributed by atoms with van der Waals surface area (Å²) in [7, 11) is 1.93. The first kappa shape index (κ1) is 12.3. The minimum Gasteiger partial charge on any atom is -0.463 e.